The average molecular weight is 576 g/mol. The van der Waals surface area contributed by atoms with Gasteiger partial charge < -0.3 is 0 Å². The molecule has 1 aliphatic carbocycles. The molecular formula is C40H25N5. The molecule has 8 aromatic rings. The van der Waals surface area contributed by atoms with E-state index in [1.165, 1.54) is 33.0 Å². The van der Waals surface area contributed by atoms with Crippen molar-refractivity contribution < 1.29 is 0 Å². The standard InChI is InChI=1S/C40H25N5/c1-40(2)31-10-5-3-9-28(31)38-32(40)17-16-27-26-8-4-6-11-33(26)45(39(27)38)37-13-7-12-36(43-37)44-34-18-14-24(22-41)20-29(34)30-21-25(23-42)15-19-35(30)44/h3-21H,1-2H3. The Bertz CT molecular complexity index is 2580. The molecule has 0 unspecified atom stereocenters. The van der Waals surface area contributed by atoms with E-state index in [4.69, 9.17) is 4.98 Å². The second kappa shape index (κ2) is 8.92. The summed E-state index contributed by atoms with van der Waals surface area (Å²) in [6.45, 7) is 4.63. The summed E-state index contributed by atoms with van der Waals surface area (Å²) in [4.78, 5) is 5.36. The minimum atomic E-state index is -0.121. The lowest BCUT2D eigenvalue weighted by Crippen LogP contribution is -2.14. The zero-order chi connectivity index (χ0) is 30.4. The number of para-hydroxylation sites is 1. The maximum Gasteiger partial charge on any atom is 0.140 e. The van der Waals surface area contributed by atoms with Crippen LogP contribution in [0.2, 0.25) is 0 Å². The number of pyridine rings is 1. The van der Waals surface area contributed by atoms with Gasteiger partial charge in [-0.1, -0.05) is 74.5 Å². The summed E-state index contributed by atoms with van der Waals surface area (Å²) in [5.41, 5.74) is 10.4. The molecule has 0 saturated heterocycles. The molecule has 0 atom stereocenters. The molecule has 0 fully saturated rings. The van der Waals surface area contributed by atoms with Crippen LogP contribution in [0.4, 0.5) is 0 Å². The lowest BCUT2D eigenvalue weighted by molar-refractivity contribution is 0.661. The number of rotatable bonds is 2. The summed E-state index contributed by atoms with van der Waals surface area (Å²) in [5.74, 6) is 1.59. The van der Waals surface area contributed by atoms with E-state index in [1.807, 2.05) is 42.5 Å². The van der Waals surface area contributed by atoms with Crippen molar-refractivity contribution in [1.29, 1.82) is 10.5 Å². The summed E-state index contributed by atoms with van der Waals surface area (Å²) >= 11 is 0. The number of aromatic nitrogens is 3. The van der Waals surface area contributed by atoms with E-state index in [9.17, 15) is 10.5 Å². The molecule has 0 aliphatic heterocycles. The van der Waals surface area contributed by atoms with Crippen LogP contribution in [0, 0.1) is 22.7 Å². The molecule has 0 radical (unpaired) electrons. The van der Waals surface area contributed by atoms with Crippen LogP contribution in [0.3, 0.4) is 0 Å². The largest absolute Gasteiger partial charge is 0.294 e. The van der Waals surface area contributed by atoms with E-state index in [-0.39, 0.29) is 5.41 Å². The Morgan fingerprint density at radius 2 is 1.18 bits per heavy atom. The van der Waals surface area contributed by atoms with Crippen LogP contribution in [-0.4, -0.2) is 14.1 Å². The molecule has 45 heavy (non-hydrogen) atoms. The van der Waals surface area contributed by atoms with Gasteiger partial charge in [0.1, 0.15) is 11.6 Å². The maximum atomic E-state index is 9.64. The van der Waals surface area contributed by atoms with Crippen LogP contribution in [0.15, 0.2) is 115 Å². The monoisotopic (exact) mass is 575 g/mol. The number of hydrogen-bond donors (Lipinski definition) is 0. The molecule has 0 amide bonds. The molecule has 5 nitrogen and oxygen atoms in total. The highest BCUT2D eigenvalue weighted by Gasteiger charge is 2.37. The first kappa shape index (κ1) is 25.3. The van der Waals surface area contributed by atoms with Crippen molar-refractivity contribution in [2.24, 2.45) is 0 Å². The Balaban J connectivity index is 1.37. The van der Waals surface area contributed by atoms with Gasteiger partial charge in [-0.25, -0.2) is 4.98 Å². The molecule has 0 N–H and O–H groups in total. The smallest absolute Gasteiger partial charge is 0.140 e. The number of fused-ring (bicyclic) bond motifs is 10. The maximum absolute atomic E-state index is 9.64. The van der Waals surface area contributed by atoms with Crippen molar-refractivity contribution in [3.05, 3.63) is 138 Å². The first-order chi connectivity index (χ1) is 22.0. The van der Waals surface area contributed by atoms with Crippen molar-refractivity contribution >= 4 is 43.6 Å². The van der Waals surface area contributed by atoms with Gasteiger partial charge in [0.15, 0.2) is 0 Å². The van der Waals surface area contributed by atoms with Crippen molar-refractivity contribution in [2.45, 2.75) is 19.3 Å². The van der Waals surface area contributed by atoms with Crippen molar-refractivity contribution in [3.63, 3.8) is 0 Å². The van der Waals surface area contributed by atoms with Crippen LogP contribution >= 0.6 is 0 Å². The molecule has 0 spiro atoms. The Kier molecular flexibility index (Phi) is 5.03. The Labute approximate surface area is 259 Å². The molecular weight excluding hydrogens is 550 g/mol. The number of nitrogens with zero attached hydrogens (tertiary/aromatic N) is 5. The third kappa shape index (κ3) is 3.33. The normalized spacial score (nSPS) is 13.2. The molecule has 0 saturated carbocycles. The van der Waals surface area contributed by atoms with E-state index < -0.39 is 0 Å². The van der Waals surface area contributed by atoms with E-state index >= 15 is 0 Å². The molecule has 1 aliphatic rings. The second-order valence-electron chi connectivity index (χ2n) is 12.3. The second-order valence-corrected chi connectivity index (χ2v) is 12.3. The molecule has 5 heteroatoms. The van der Waals surface area contributed by atoms with Gasteiger partial charge >= 0.3 is 0 Å². The zero-order valence-corrected chi connectivity index (χ0v) is 24.7. The lowest BCUT2D eigenvalue weighted by Gasteiger charge is -2.21. The van der Waals surface area contributed by atoms with Gasteiger partial charge in [-0.3, -0.25) is 9.13 Å². The quantitative estimate of drug-likeness (QED) is 0.206. The van der Waals surface area contributed by atoms with Gasteiger partial charge in [0.05, 0.1) is 45.3 Å². The summed E-state index contributed by atoms with van der Waals surface area (Å²) in [6.07, 6.45) is 0. The minimum Gasteiger partial charge on any atom is -0.294 e. The first-order valence-electron chi connectivity index (χ1n) is 15.0. The van der Waals surface area contributed by atoms with Gasteiger partial charge in [0, 0.05) is 32.5 Å². The van der Waals surface area contributed by atoms with Crippen molar-refractivity contribution in [1.82, 2.24) is 14.1 Å². The molecule has 0 bridgehead atoms. The topological polar surface area (TPSA) is 70.3 Å². The van der Waals surface area contributed by atoms with Crippen molar-refractivity contribution in [2.75, 3.05) is 0 Å². The Morgan fingerprint density at radius 1 is 0.556 bits per heavy atom. The Hall–Kier alpha value is -6.17. The average Bonchev–Trinajstić information content (AvgIpc) is 3.67. The minimum absolute atomic E-state index is 0.121. The van der Waals surface area contributed by atoms with E-state index in [1.54, 1.807) is 0 Å². The summed E-state index contributed by atoms with van der Waals surface area (Å²) in [7, 11) is 0. The summed E-state index contributed by atoms with van der Waals surface area (Å²) in [5, 5.41) is 23.5. The van der Waals surface area contributed by atoms with E-state index in [2.05, 4.69) is 108 Å². The van der Waals surface area contributed by atoms with Gasteiger partial charge in [0.2, 0.25) is 0 Å². The number of hydrogen-bond acceptors (Lipinski definition) is 3. The fraction of sp³-hybridized carbons (Fsp3) is 0.0750. The van der Waals surface area contributed by atoms with Gasteiger partial charge in [-0.2, -0.15) is 10.5 Å². The lowest BCUT2D eigenvalue weighted by atomic mass is 9.82. The third-order valence-corrected chi connectivity index (χ3v) is 9.58. The molecule has 3 heterocycles. The summed E-state index contributed by atoms with van der Waals surface area (Å²) in [6, 6.07) is 44.0. The zero-order valence-electron chi connectivity index (χ0n) is 24.7. The highest BCUT2D eigenvalue weighted by molar-refractivity contribution is 6.15. The highest BCUT2D eigenvalue weighted by atomic mass is 15.1. The number of benzene rings is 5. The van der Waals surface area contributed by atoms with Gasteiger partial charge in [-0.15, -0.1) is 0 Å². The highest BCUT2D eigenvalue weighted by Crippen LogP contribution is 2.52. The molecule has 210 valence electrons. The van der Waals surface area contributed by atoms with Gasteiger partial charge in [0.25, 0.3) is 0 Å². The first-order valence-corrected chi connectivity index (χ1v) is 15.0. The molecule has 9 rings (SSSR count). The molecule has 3 aromatic heterocycles. The predicted molar refractivity (Wildman–Crippen MR) is 180 cm³/mol. The van der Waals surface area contributed by atoms with Crippen LogP contribution in [0.25, 0.3) is 66.4 Å². The van der Waals surface area contributed by atoms with Crippen LogP contribution in [0.5, 0.6) is 0 Å². The van der Waals surface area contributed by atoms with Crippen LogP contribution in [0.1, 0.15) is 36.1 Å². The van der Waals surface area contributed by atoms with Crippen LogP contribution < -0.4 is 0 Å². The van der Waals surface area contributed by atoms with Gasteiger partial charge in [-0.05, 0) is 71.3 Å². The predicted octanol–water partition coefficient (Wildman–Crippen LogP) is 9.33. The fourth-order valence-electron chi connectivity index (χ4n) is 7.55. The van der Waals surface area contributed by atoms with Crippen LogP contribution in [-0.2, 0) is 5.41 Å². The number of nitriles is 2. The SMILES string of the molecule is CC1(C)c2ccccc2-c2c1ccc1c3ccccc3n(-c3cccc(-n4c5ccc(C#N)cc5c5cc(C#N)ccc54)n3)c21. The van der Waals surface area contributed by atoms with E-state index in [0.29, 0.717) is 11.1 Å². The molecule has 5 aromatic carbocycles. The van der Waals surface area contributed by atoms with E-state index in [0.717, 1.165) is 44.5 Å². The fourth-order valence-corrected chi connectivity index (χ4v) is 7.55. The summed E-state index contributed by atoms with van der Waals surface area (Å²) < 4.78 is 4.45. The van der Waals surface area contributed by atoms with Crippen molar-refractivity contribution in [3.8, 4) is 34.9 Å². The third-order valence-electron chi connectivity index (χ3n) is 9.58. The Morgan fingerprint density at radius 3 is 1.89 bits per heavy atom.